The second-order valence-corrected chi connectivity index (χ2v) is 11.0. The van der Waals surface area contributed by atoms with E-state index in [1.165, 1.54) is 23.7 Å². The lowest BCUT2D eigenvalue weighted by atomic mass is 9.98. The van der Waals surface area contributed by atoms with Crippen molar-refractivity contribution in [3.05, 3.63) is 75.3 Å². The summed E-state index contributed by atoms with van der Waals surface area (Å²) in [5.74, 6) is -0.472. The lowest BCUT2D eigenvalue weighted by molar-refractivity contribution is -0.385. The van der Waals surface area contributed by atoms with Crippen LogP contribution >= 0.6 is 11.6 Å². The van der Waals surface area contributed by atoms with Gasteiger partial charge in [0.1, 0.15) is 5.38 Å². The highest BCUT2D eigenvalue weighted by Crippen LogP contribution is 2.36. The van der Waals surface area contributed by atoms with Gasteiger partial charge in [0.2, 0.25) is 15.9 Å². The fourth-order valence-corrected chi connectivity index (χ4v) is 5.38. The van der Waals surface area contributed by atoms with Crippen LogP contribution in [0.2, 0.25) is 0 Å². The van der Waals surface area contributed by atoms with Gasteiger partial charge in [-0.1, -0.05) is 24.3 Å². The molecule has 1 aromatic heterocycles. The van der Waals surface area contributed by atoms with E-state index in [0.29, 0.717) is 43.6 Å². The molecule has 10 nitrogen and oxygen atoms in total. The molecule has 1 fully saturated rings. The van der Waals surface area contributed by atoms with E-state index in [2.05, 4.69) is 4.98 Å². The number of piperazine rings is 1. The highest BCUT2D eigenvalue weighted by molar-refractivity contribution is 7.88. The van der Waals surface area contributed by atoms with E-state index in [0.717, 1.165) is 5.56 Å². The summed E-state index contributed by atoms with van der Waals surface area (Å²) in [5.41, 5.74) is 1.31. The first-order valence-electron chi connectivity index (χ1n) is 11.1. The van der Waals surface area contributed by atoms with Crippen molar-refractivity contribution in [2.24, 2.45) is 0 Å². The number of halogens is 1. The van der Waals surface area contributed by atoms with E-state index in [1.54, 1.807) is 30.3 Å². The molecule has 1 aliphatic heterocycles. The Bertz CT molecular complexity index is 1420. The second-order valence-electron chi connectivity index (χ2n) is 8.55. The zero-order valence-electron chi connectivity index (χ0n) is 19.8. The molecule has 190 valence electrons. The van der Waals surface area contributed by atoms with Gasteiger partial charge < -0.3 is 4.74 Å². The maximum atomic E-state index is 13.4. The molecule has 1 aliphatic rings. The van der Waals surface area contributed by atoms with Crippen molar-refractivity contribution in [3.63, 3.8) is 0 Å². The number of pyridine rings is 1. The molecule has 0 spiro atoms. The van der Waals surface area contributed by atoms with Crippen LogP contribution in [0.1, 0.15) is 26.9 Å². The number of fused-ring (bicyclic) bond motifs is 1. The number of rotatable bonds is 8. The Morgan fingerprint density at radius 1 is 1.17 bits per heavy atom. The number of aromatic nitrogens is 1. The first kappa shape index (κ1) is 26.0. The van der Waals surface area contributed by atoms with Crippen LogP contribution in [-0.2, 0) is 16.6 Å². The lowest BCUT2D eigenvalue weighted by Crippen LogP contribution is -2.47. The molecule has 2 heterocycles. The Kier molecular flexibility index (Phi) is 7.55. The van der Waals surface area contributed by atoms with E-state index in [9.17, 15) is 23.3 Å². The standard InChI is InChI=1S/C24H25ClN4O6S/c1-35-24-19(14-17-5-3-4-6-20(17)26-24)23(30)22(25)18-13-16(7-8-21(18)29(31)32)15-27-9-11-28(12-10-27)36(2,33)34/h3-8,13-14,22H,9-12,15H2,1-2H3. The minimum atomic E-state index is -3.25. The number of methoxy groups -OCH3 is 1. The molecule has 0 bridgehead atoms. The molecular weight excluding hydrogens is 508 g/mol. The molecule has 1 unspecified atom stereocenters. The maximum absolute atomic E-state index is 13.4. The zero-order valence-corrected chi connectivity index (χ0v) is 21.3. The van der Waals surface area contributed by atoms with Gasteiger partial charge in [-0.25, -0.2) is 13.4 Å². The average molecular weight is 533 g/mol. The normalized spacial score (nSPS) is 16.1. The number of benzene rings is 2. The monoisotopic (exact) mass is 532 g/mol. The molecule has 1 atom stereocenters. The fraction of sp³-hybridized carbons (Fsp3) is 0.333. The van der Waals surface area contributed by atoms with E-state index in [1.807, 2.05) is 17.0 Å². The third kappa shape index (κ3) is 5.49. The number of ether oxygens (including phenoxy) is 1. The molecule has 0 saturated carbocycles. The first-order valence-corrected chi connectivity index (χ1v) is 13.4. The maximum Gasteiger partial charge on any atom is 0.274 e. The number of carbonyl (C=O) groups excluding carboxylic acids is 1. The van der Waals surface area contributed by atoms with Gasteiger partial charge in [-0.2, -0.15) is 4.31 Å². The molecule has 2 aromatic carbocycles. The van der Waals surface area contributed by atoms with Gasteiger partial charge in [-0.3, -0.25) is 19.8 Å². The predicted octanol–water partition coefficient (Wildman–Crippen LogP) is 3.39. The second kappa shape index (κ2) is 10.5. The van der Waals surface area contributed by atoms with Crippen LogP contribution in [0.25, 0.3) is 10.9 Å². The Morgan fingerprint density at radius 2 is 1.86 bits per heavy atom. The van der Waals surface area contributed by atoms with Gasteiger partial charge in [-0.05, 0) is 23.8 Å². The number of carbonyl (C=O) groups is 1. The number of hydrogen-bond acceptors (Lipinski definition) is 8. The number of nitro benzene ring substituents is 1. The number of Topliss-reactive ketones (excluding diaryl/α,β-unsaturated/α-hetero) is 1. The molecule has 4 rings (SSSR count). The number of para-hydroxylation sites is 1. The molecule has 1 saturated heterocycles. The summed E-state index contributed by atoms with van der Waals surface area (Å²) in [6, 6.07) is 13.4. The zero-order chi connectivity index (χ0) is 26.0. The Balaban J connectivity index is 1.62. The van der Waals surface area contributed by atoms with Crippen LogP contribution < -0.4 is 4.74 Å². The third-order valence-electron chi connectivity index (χ3n) is 6.15. The number of nitrogens with zero attached hydrogens (tertiary/aromatic N) is 4. The van der Waals surface area contributed by atoms with Crippen LogP contribution in [0, 0.1) is 10.1 Å². The Morgan fingerprint density at radius 3 is 2.50 bits per heavy atom. The number of nitro groups is 1. The number of ketones is 1. The number of alkyl halides is 1. The molecule has 36 heavy (non-hydrogen) atoms. The van der Waals surface area contributed by atoms with E-state index in [-0.39, 0.29) is 22.7 Å². The summed E-state index contributed by atoms with van der Waals surface area (Å²) in [6.45, 7) is 2.19. The van der Waals surface area contributed by atoms with Gasteiger partial charge in [0.15, 0.2) is 5.78 Å². The van der Waals surface area contributed by atoms with Crippen LogP contribution in [0.15, 0.2) is 48.5 Å². The summed E-state index contributed by atoms with van der Waals surface area (Å²) in [7, 11) is -1.86. The molecule has 0 N–H and O–H groups in total. The van der Waals surface area contributed by atoms with Crippen LogP contribution in [-0.4, -0.2) is 72.9 Å². The molecule has 0 aliphatic carbocycles. The van der Waals surface area contributed by atoms with E-state index < -0.39 is 26.1 Å². The SMILES string of the molecule is COc1nc2ccccc2cc1C(=O)C(Cl)c1cc(CN2CCN(S(C)(=O)=O)CC2)ccc1[N+](=O)[O-]. The van der Waals surface area contributed by atoms with Crippen molar-refractivity contribution in [1.29, 1.82) is 0 Å². The van der Waals surface area contributed by atoms with Crippen LogP contribution in [0.5, 0.6) is 5.88 Å². The highest BCUT2D eigenvalue weighted by Gasteiger charge is 2.30. The first-order chi connectivity index (χ1) is 17.1. The number of hydrogen-bond donors (Lipinski definition) is 0. The smallest absolute Gasteiger partial charge is 0.274 e. The van der Waals surface area contributed by atoms with Crippen molar-refractivity contribution >= 4 is 44.0 Å². The fourth-order valence-electron chi connectivity index (χ4n) is 4.26. The summed E-state index contributed by atoms with van der Waals surface area (Å²) >= 11 is 6.58. The van der Waals surface area contributed by atoms with Crippen LogP contribution in [0.3, 0.4) is 0 Å². The van der Waals surface area contributed by atoms with Gasteiger partial charge in [-0.15, -0.1) is 11.6 Å². The van der Waals surface area contributed by atoms with Crippen molar-refractivity contribution in [1.82, 2.24) is 14.2 Å². The quantitative estimate of drug-likeness (QED) is 0.187. The van der Waals surface area contributed by atoms with E-state index >= 15 is 0 Å². The van der Waals surface area contributed by atoms with Crippen LogP contribution in [0.4, 0.5) is 5.69 Å². The average Bonchev–Trinajstić information content (AvgIpc) is 2.86. The molecule has 3 aromatic rings. The highest BCUT2D eigenvalue weighted by atomic mass is 35.5. The Labute approximate surface area is 213 Å². The van der Waals surface area contributed by atoms with E-state index in [4.69, 9.17) is 16.3 Å². The third-order valence-corrected chi connectivity index (χ3v) is 7.88. The predicted molar refractivity (Wildman–Crippen MR) is 136 cm³/mol. The van der Waals surface area contributed by atoms with Gasteiger partial charge >= 0.3 is 0 Å². The van der Waals surface area contributed by atoms with Crippen molar-refractivity contribution in [3.8, 4) is 5.88 Å². The summed E-state index contributed by atoms with van der Waals surface area (Å²) in [6.07, 6.45) is 1.18. The number of sulfonamides is 1. The molecule has 12 heteroatoms. The largest absolute Gasteiger partial charge is 0.480 e. The summed E-state index contributed by atoms with van der Waals surface area (Å²) in [4.78, 5) is 31.0. The van der Waals surface area contributed by atoms with Gasteiger partial charge in [0.25, 0.3) is 5.69 Å². The summed E-state index contributed by atoms with van der Waals surface area (Å²) in [5, 5.41) is 11.1. The minimum Gasteiger partial charge on any atom is -0.480 e. The molecular formula is C24H25ClN4O6S. The van der Waals surface area contributed by atoms with Gasteiger partial charge in [0.05, 0.1) is 34.9 Å². The van der Waals surface area contributed by atoms with Gasteiger partial charge in [0, 0.05) is 44.2 Å². The Hall–Kier alpha value is -3.12. The van der Waals surface area contributed by atoms with Crippen molar-refractivity contribution in [2.45, 2.75) is 11.9 Å². The molecule has 0 amide bonds. The lowest BCUT2D eigenvalue weighted by Gasteiger charge is -2.33. The topological polar surface area (TPSA) is 123 Å². The van der Waals surface area contributed by atoms with Crippen molar-refractivity contribution < 1.29 is 22.9 Å². The van der Waals surface area contributed by atoms with Crippen molar-refractivity contribution in [2.75, 3.05) is 39.5 Å². The molecule has 0 radical (unpaired) electrons. The minimum absolute atomic E-state index is 0.0779. The summed E-state index contributed by atoms with van der Waals surface area (Å²) < 4.78 is 30.2.